The first-order chi connectivity index (χ1) is 12.1. The molecule has 0 aromatic heterocycles. The van der Waals surface area contributed by atoms with Gasteiger partial charge in [0.2, 0.25) is 0 Å². The standard InChI is InChI=1S/C17H21F3N2O4/c1-3-26-14-7-5-4-6-11(14)10(2)21-16(25)22-8-12(15(23)24)13(9-22)17(18,19)20/h4-7,10,12-13H,3,8-9H2,1-2H3,(H,21,25)(H,23,24)/t10?,12-,13-/m1/s1. The van der Waals surface area contributed by atoms with Crippen LogP contribution in [-0.2, 0) is 4.79 Å². The second-order valence-electron chi connectivity index (χ2n) is 6.14. The van der Waals surface area contributed by atoms with E-state index >= 15 is 0 Å². The normalized spacial score (nSPS) is 21.3. The molecule has 1 aliphatic heterocycles. The predicted octanol–water partition coefficient (Wildman–Crippen LogP) is 3.05. The zero-order chi connectivity index (χ0) is 19.5. The van der Waals surface area contributed by atoms with Gasteiger partial charge in [0.25, 0.3) is 0 Å². The van der Waals surface area contributed by atoms with Gasteiger partial charge in [0.1, 0.15) is 5.75 Å². The molecule has 1 saturated heterocycles. The number of aliphatic carboxylic acids is 1. The van der Waals surface area contributed by atoms with Crippen molar-refractivity contribution in [1.29, 1.82) is 0 Å². The van der Waals surface area contributed by atoms with E-state index in [-0.39, 0.29) is 0 Å². The summed E-state index contributed by atoms with van der Waals surface area (Å²) in [5.74, 6) is -4.72. The zero-order valence-electron chi connectivity index (χ0n) is 14.4. The lowest BCUT2D eigenvalue weighted by molar-refractivity contribution is -0.187. The van der Waals surface area contributed by atoms with E-state index < -0.39 is 49.1 Å². The van der Waals surface area contributed by atoms with Crippen molar-refractivity contribution >= 4 is 12.0 Å². The van der Waals surface area contributed by atoms with Crippen LogP contribution in [0, 0.1) is 11.8 Å². The van der Waals surface area contributed by atoms with Crippen LogP contribution in [0.3, 0.4) is 0 Å². The summed E-state index contributed by atoms with van der Waals surface area (Å²) in [6, 6.07) is 5.77. The van der Waals surface area contributed by atoms with E-state index in [1.807, 2.05) is 6.92 Å². The summed E-state index contributed by atoms with van der Waals surface area (Å²) in [6.45, 7) is 2.77. The molecule has 1 aromatic carbocycles. The van der Waals surface area contributed by atoms with Crippen molar-refractivity contribution in [2.24, 2.45) is 11.8 Å². The molecule has 1 unspecified atom stereocenters. The van der Waals surface area contributed by atoms with E-state index in [0.29, 0.717) is 17.9 Å². The Bertz CT molecular complexity index is 666. The molecule has 6 nitrogen and oxygen atoms in total. The van der Waals surface area contributed by atoms with Gasteiger partial charge in [0.05, 0.1) is 24.5 Å². The second kappa shape index (κ2) is 7.84. The highest BCUT2D eigenvalue weighted by Gasteiger charge is 2.53. The molecule has 1 aromatic rings. The number of amides is 2. The number of nitrogens with zero attached hydrogens (tertiary/aromatic N) is 1. The van der Waals surface area contributed by atoms with Gasteiger partial charge >= 0.3 is 18.2 Å². The molecule has 1 fully saturated rings. The highest BCUT2D eigenvalue weighted by atomic mass is 19.4. The van der Waals surface area contributed by atoms with Gasteiger partial charge in [-0.2, -0.15) is 13.2 Å². The number of hydrogen-bond acceptors (Lipinski definition) is 3. The number of hydrogen-bond donors (Lipinski definition) is 2. The summed E-state index contributed by atoms with van der Waals surface area (Å²) in [5.41, 5.74) is 0.684. The van der Waals surface area contributed by atoms with Gasteiger partial charge < -0.3 is 20.1 Å². The minimum atomic E-state index is -4.68. The number of urea groups is 1. The third-order valence-electron chi connectivity index (χ3n) is 4.37. The molecule has 1 heterocycles. The van der Waals surface area contributed by atoms with Crippen molar-refractivity contribution in [3.05, 3.63) is 29.8 Å². The lowest BCUT2D eigenvalue weighted by atomic mass is 9.96. The molecule has 0 spiro atoms. The lowest BCUT2D eigenvalue weighted by Crippen LogP contribution is -2.40. The van der Waals surface area contributed by atoms with E-state index in [0.717, 1.165) is 4.90 Å². The molecular formula is C17H21F3N2O4. The van der Waals surface area contributed by atoms with E-state index in [4.69, 9.17) is 9.84 Å². The number of carboxylic acid groups (broad SMARTS) is 1. The van der Waals surface area contributed by atoms with E-state index in [1.54, 1.807) is 31.2 Å². The van der Waals surface area contributed by atoms with E-state index in [2.05, 4.69) is 5.32 Å². The van der Waals surface area contributed by atoms with Crippen LogP contribution in [0.2, 0.25) is 0 Å². The fraction of sp³-hybridized carbons (Fsp3) is 0.529. The Morgan fingerprint density at radius 3 is 2.54 bits per heavy atom. The first kappa shape index (κ1) is 19.9. The summed E-state index contributed by atoms with van der Waals surface area (Å²) in [5, 5.41) is 11.6. The highest BCUT2D eigenvalue weighted by molar-refractivity contribution is 5.78. The molecule has 2 N–H and O–H groups in total. The maximum atomic E-state index is 13.0. The fourth-order valence-corrected chi connectivity index (χ4v) is 3.03. The van der Waals surface area contributed by atoms with Crippen molar-refractivity contribution < 1.29 is 32.6 Å². The molecule has 9 heteroatoms. The van der Waals surface area contributed by atoms with Gasteiger partial charge in [-0.15, -0.1) is 0 Å². The zero-order valence-corrected chi connectivity index (χ0v) is 14.4. The SMILES string of the molecule is CCOc1ccccc1C(C)NC(=O)N1C[C@@H](C(F)(F)F)[C@H](C(=O)O)C1. The highest BCUT2D eigenvalue weighted by Crippen LogP contribution is 2.38. The minimum Gasteiger partial charge on any atom is -0.494 e. The van der Waals surface area contributed by atoms with Crippen LogP contribution in [-0.4, -0.2) is 47.9 Å². The predicted molar refractivity (Wildman–Crippen MR) is 86.8 cm³/mol. The van der Waals surface area contributed by atoms with Crippen molar-refractivity contribution in [1.82, 2.24) is 10.2 Å². The van der Waals surface area contributed by atoms with E-state index in [9.17, 15) is 22.8 Å². The van der Waals surface area contributed by atoms with Crippen LogP contribution in [0.4, 0.5) is 18.0 Å². The van der Waals surface area contributed by atoms with E-state index in [1.165, 1.54) is 0 Å². The van der Waals surface area contributed by atoms with Crippen LogP contribution in [0.25, 0.3) is 0 Å². The number of carbonyl (C=O) groups excluding carboxylic acids is 1. The molecular weight excluding hydrogens is 353 g/mol. The van der Waals surface area contributed by atoms with Crippen LogP contribution < -0.4 is 10.1 Å². The molecule has 0 bridgehead atoms. The minimum absolute atomic E-state index is 0.428. The van der Waals surface area contributed by atoms with Gasteiger partial charge in [0.15, 0.2) is 0 Å². The number of alkyl halides is 3. The van der Waals surface area contributed by atoms with Crippen LogP contribution in [0.5, 0.6) is 5.75 Å². The molecule has 26 heavy (non-hydrogen) atoms. The summed E-state index contributed by atoms with van der Waals surface area (Å²) < 4.78 is 44.6. The van der Waals surface area contributed by atoms with Gasteiger partial charge in [0, 0.05) is 18.7 Å². The topological polar surface area (TPSA) is 78.9 Å². The molecule has 2 rings (SSSR count). The van der Waals surface area contributed by atoms with Gasteiger partial charge in [-0.1, -0.05) is 18.2 Å². The molecule has 2 amide bonds. The monoisotopic (exact) mass is 374 g/mol. The average molecular weight is 374 g/mol. The smallest absolute Gasteiger partial charge is 0.394 e. The number of halogens is 3. The number of rotatable bonds is 5. The first-order valence-electron chi connectivity index (χ1n) is 8.21. The van der Waals surface area contributed by atoms with Crippen LogP contribution >= 0.6 is 0 Å². The Kier molecular flexibility index (Phi) is 5.99. The van der Waals surface area contributed by atoms with Crippen molar-refractivity contribution in [2.75, 3.05) is 19.7 Å². The number of ether oxygens (including phenoxy) is 1. The maximum absolute atomic E-state index is 13.0. The molecule has 0 radical (unpaired) electrons. The van der Waals surface area contributed by atoms with Crippen LogP contribution in [0.1, 0.15) is 25.5 Å². The second-order valence-corrected chi connectivity index (χ2v) is 6.14. The van der Waals surface area contributed by atoms with Crippen molar-refractivity contribution in [2.45, 2.75) is 26.1 Å². The molecule has 0 saturated carbocycles. The lowest BCUT2D eigenvalue weighted by Gasteiger charge is -2.23. The Balaban J connectivity index is 2.09. The molecule has 3 atom stereocenters. The number of para-hydroxylation sites is 1. The first-order valence-corrected chi connectivity index (χ1v) is 8.21. The molecule has 0 aliphatic carbocycles. The number of nitrogens with one attached hydrogen (secondary N) is 1. The Morgan fingerprint density at radius 1 is 1.35 bits per heavy atom. The van der Waals surface area contributed by atoms with Gasteiger partial charge in [-0.25, -0.2) is 4.79 Å². The summed E-state index contributed by atoms with van der Waals surface area (Å²) in [7, 11) is 0. The average Bonchev–Trinajstić information content (AvgIpc) is 3.01. The van der Waals surface area contributed by atoms with Crippen molar-refractivity contribution in [3.8, 4) is 5.75 Å². The largest absolute Gasteiger partial charge is 0.494 e. The number of likely N-dealkylation sites (tertiary alicyclic amines) is 1. The Hall–Kier alpha value is -2.45. The van der Waals surface area contributed by atoms with Crippen molar-refractivity contribution in [3.63, 3.8) is 0 Å². The number of carbonyl (C=O) groups is 2. The summed E-state index contributed by atoms with van der Waals surface area (Å²) >= 11 is 0. The number of benzene rings is 1. The fourth-order valence-electron chi connectivity index (χ4n) is 3.03. The molecule has 1 aliphatic rings. The quantitative estimate of drug-likeness (QED) is 0.830. The number of carboxylic acids is 1. The molecule has 144 valence electrons. The maximum Gasteiger partial charge on any atom is 0.394 e. The Morgan fingerprint density at radius 2 is 2.00 bits per heavy atom. The summed E-state index contributed by atoms with van der Waals surface area (Å²) in [6.07, 6.45) is -4.68. The van der Waals surface area contributed by atoms with Gasteiger partial charge in [-0.05, 0) is 19.9 Å². The van der Waals surface area contributed by atoms with Crippen LogP contribution in [0.15, 0.2) is 24.3 Å². The summed E-state index contributed by atoms with van der Waals surface area (Å²) in [4.78, 5) is 24.4. The Labute approximate surface area is 148 Å². The third kappa shape index (κ3) is 4.39. The third-order valence-corrected chi connectivity index (χ3v) is 4.37. The van der Waals surface area contributed by atoms with Gasteiger partial charge in [-0.3, -0.25) is 4.79 Å².